The third-order valence-corrected chi connectivity index (χ3v) is 7.40. The van der Waals surface area contributed by atoms with E-state index < -0.39 is 28.5 Å². The topological polar surface area (TPSA) is 105 Å². The Hall–Kier alpha value is -2.69. The van der Waals surface area contributed by atoms with Gasteiger partial charge in [-0.3, -0.25) is 13.9 Å². The van der Waals surface area contributed by atoms with E-state index >= 15 is 0 Å². The summed E-state index contributed by atoms with van der Waals surface area (Å²) in [6.07, 6.45) is 2.67. The average molecular weight is 575 g/mol. The van der Waals surface area contributed by atoms with Gasteiger partial charge in [0, 0.05) is 29.2 Å². The number of nitrogens with zero attached hydrogens (tertiary/aromatic N) is 2. The third kappa shape index (κ3) is 8.41. The molecule has 1 atom stereocenters. The maximum atomic E-state index is 13.7. The van der Waals surface area contributed by atoms with Gasteiger partial charge in [0.05, 0.1) is 26.2 Å². The van der Waals surface area contributed by atoms with Gasteiger partial charge in [-0.2, -0.15) is 0 Å². The van der Waals surface area contributed by atoms with E-state index in [4.69, 9.17) is 32.7 Å². The Balaban J connectivity index is 2.46. The Morgan fingerprint density at radius 3 is 2.35 bits per heavy atom. The number of amides is 2. The van der Waals surface area contributed by atoms with Crippen molar-refractivity contribution in [2.75, 3.05) is 37.9 Å². The molecule has 0 heterocycles. The van der Waals surface area contributed by atoms with Gasteiger partial charge in [-0.1, -0.05) is 42.6 Å². The molecule has 0 saturated carbocycles. The smallest absolute Gasteiger partial charge is 0.244 e. The molecule has 1 N–H and O–H groups in total. The molecule has 0 fully saturated rings. The van der Waals surface area contributed by atoms with E-state index in [-0.39, 0.29) is 23.9 Å². The maximum absolute atomic E-state index is 13.7. The quantitative estimate of drug-likeness (QED) is 0.361. The number of unbranched alkanes of at least 4 members (excludes halogenated alkanes) is 1. The summed E-state index contributed by atoms with van der Waals surface area (Å²) in [5, 5.41) is 3.56. The van der Waals surface area contributed by atoms with Crippen LogP contribution in [0.4, 0.5) is 5.69 Å². The van der Waals surface area contributed by atoms with Crippen LogP contribution in [0.15, 0.2) is 36.4 Å². The molecule has 0 aliphatic carbocycles. The van der Waals surface area contributed by atoms with Gasteiger partial charge in [0.25, 0.3) is 0 Å². The van der Waals surface area contributed by atoms with Crippen LogP contribution >= 0.6 is 23.2 Å². The van der Waals surface area contributed by atoms with Crippen molar-refractivity contribution in [3.63, 3.8) is 0 Å². The van der Waals surface area contributed by atoms with E-state index in [1.165, 1.54) is 37.3 Å². The van der Waals surface area contributed by atoms with Crippen LogP contribution < -0.4 is 19.1 Å². The minimum Gasteiger partial charge on any atom is -0.497 e. The Morgan fingerprint density at radius 2 is 1.78 bits per heavy atom. The molecule has 2 aromatic carbocycles. The first kappa shape index (κ1) is 30.5. The molecule has 0 bridgehead atoms. The highest BCUT2D eigenvalue weighted by Crippen LogP contribution is 2.34. The normalized spacial score (nSPS) is 12.0. The van der Waals surface area contributed by atoms with Crippen LogP contribution in [-0.2, 0) is 26.2 Å². The Kier molecular flexibility index (Phi) is 11.3. The van der Waals surface area contributed by atoms with Crippen LogP contribution in [0, 0.1) is 0 Å². The third-order valence-electron chi connectivity index (χ3n) is 5.69. The Morgan fingerprint density at radius 1 is 1.08 bits per heavy atom. The number of anilines is 1. The second-order valence-electron chi connectivity index (χ2n) is 8.39. The number of methoxy groups -OCH3 is 2. The lowest BCUT2D eigenvalue weighted by Crippen LogP contribution is -2.51. The zero-order valence-electron chi connectivity index (χ0n) is 21.6. The van der Waals surface area contributed by atoms with Gasteiger partial charge in [-0.25, -0.2) is 8.42 Å². The van der Waals surface area contributed by atoms with E-state index in [1.807, 2.05) is 6.92 Å². The molecule has 9 nitrogen and oxygen atoms in total. The number of carbonyl (C=O) groups excluding carboxylic acids is 2. The monoisotopic (exact) mass is 573 g/mol. The highest BCUT2D eigenvalue weighted by molar-refractivity contribution is 7.92. The molecule has 12 heteroatoms. The number of hydrogen-bond acceptors (Lipinski definition) is 6. The molecule has 2 amide bonds. The van der Waals surface area contributed by atoms with Crippen molar-refractivity contribution in [2.45, 2.75) is 39.3 Å². The number of rotatable bonds is 13. The van der Waals surface area contributed by atoms with E-state index in [0.29, 0.717) is 27.9 Å². The van der Waals surface area contributed by atoms with Crippen molar-refractivity contribution in [1.29, 1.82) is 0 Å². The summed E-state index contributed by atoms with van der Waals surface area (Å²) in [6, 6.07) is 8.50. The molecule has 0 aliphatic rings. The first-order chi connectivity index (χ1) is 17.4. The van der Waals surface area contributed by atoms with Crippen LogP contribution in [0.25, 0.3) is 0 Å². The number of sulfonamides is 1. The maximum Gasteiger partial charge on any atom is 0.244 e. The van der Waals surface area contributed by atoms with Crippen molar-refractivity contribution in [3.05, 3.63) is 52.0 Å². The van der Waals surface area contributed by atoms with E-state index in [1.54, 1.807) is 25.1 Å². The zero-order chi connectivity index (χ0) is 27.8. The largest absolute Gasteiger partial charge is 0.497 e. The van der Waals surface area contributed by atoms with Crippen LogP contribution in [0.1, 0.15) is 32.3 Å². The fourth-order valence-electron chi connectivity index (χ4n) is 3.54. The Labute approximate surface area is 228 Å². The lowest BCUT2D eigenvalue weighted by atomic mass is 10.1. The SMILES string of the molecule is CCCCNC(=O)C(C)N(Cc1ccc(Cl)cc1Cl)C(=O)CN(c1ccc(OC)cc1OC)S(C)(=O)=O. The summed E-state index contributed by atoms with van der Waals surface area (Å²) in [4.78, 5) is 27.8. The molecule has 0 aliphatic heterocycles. The summed E-state index contributed by atoms with van der Waals surface area (Å²) >= 11 is 12.4. The number of halogens is 2. The van der Waals surface area contributed by atoms with Crippen LogP contribution in [0.2, 0.25) is 10.0 Å². The molecule has 0 saturated heterocycles. The summed E-state index contributed by atoms with van der Waals surface area (Å²) in [5.74, 6) is -0.306. The molecule has 2 rings (SSSR count). The summed E-state index contributed by atoms with van der Waals surface area (Å²) in [7, 11) is -1.07. The number of ether oxygens (including phenoxy) is 2. The lowest BCUT2D eigenvalue weighted by Gasteiger charge is -2.32. The molecule has 2 aromatic rings. The van der Waals surface area contributed by atoms with Crippen molar-refractivity contribution >= 4 is 50.7 Å². The van der Waals surface area contributed by atoms with Crippen LogP contribution in [0.3, 0.4) is 0 Å². The van der Waals surface area contributed by atoms with Gasteiger partial charge in [0.1, 0.15) is 24.1 Å². The van der Waals surface area contributed by atoms with Gasteiger partial charge in [0.2, 0.25) is 21.8 Å². The Bertz CT molecular complexity index is 1210. The molecule has 37 heavy (non-hydrogen) atoms. The van der Waals surface area contributed by atoms with Crippen molar-refractivity contribution in [1.82, 2.24) is 10.2 Å². The van der Waals surface area contributed by atoms with Gasteiger partial charge >= 0.3 is 0 Å². The predicted molar refractivity (Wildman–Crippen MR) is 146 cm³/mol. The molecular formula is C25H33Cl2N3O6S. The van der Waals surface area contributed by atoms with Crippen molar-refractivity contribution < 1.29 is 27.5 Å². The lowest BCUT2D eigenvalue weighted by molar-refractivity contribution is -0.139. The number of carbonyl (C=O) groups is 2. The highest BCUT2D eigenvalue weighted by Gasteiger charge is 2.31. The van der Waals surface area contributed by atoms with Crippen LogP contribution in [0.5, 0.6) is 11.5 Å². The average Bonchev–Trinajstić information content (AvgIpc) is 2.85. The highest BCUT2D eigenvalue weighted by atomic mass is 35.5. The second-order valence-corrected chi connectivity index (χ2v) is 11.1. The second kappa shape index (κ2) is 13.7. The first-order valence-corrected chi connectivity index (χ1v) is 14.2. The van der Waals surface area contributed by atoms with Gasteiger partial charge in [0.15, 0.2) is 0 Å². The molecular weight excluding hydrogens is 541 g/mol. The first-order valence-electron chi connectivity index (χ1n) is 11.6. The molecule has 0 radical (unpaired) electrons. The zero-order valence-corrected chi connectivity index (χ0v) is 23.9. The van der Waals surface area contributed by atoms with Crippen molar-refractivity contribution in [3.8, 4) is 11.5 Å². The van der Waals surface area contributed by atoms with E-state index in [9.17, 15) is 18.0 Å². The summed E-state index contributed by atoms with van der Waals surface area (Å²) in [5.41, 5.74) is 0.712. The fraction of sp³-hybridized carbons (Fsp3) is 0.440. The summed E-state index contributed by atoms with van der Waals surface area (Å²) < 4.78 is 37.1. The van der Waals surface area contributed by atoms with Crippen molar-refractivity contribution in [2.24, 2.45) is 0 Å². The van der Waals surface area contributed by atoms with Gasteiger partial charge in [-0.05, 0) is 43.2 Å². The molecule has 0 spiro atoms. The van der Waals surface area contributed by atoms with Gasteiger partial charge < -0.3 is 19.7 Å². The molecule has 0 aromatic heterocycles. The predicted octanol–water partition coefficient (Wildman–Crippen LogP) is 4.11. The molecule has 1 unspecified atom stereocenters. The van der Waals surface area contributed by atoms with Crippen LogP contribution in [-0.4, -0.2) is 64.7 Å². The number of benzene rings is 2. The number of nitrogens with one attached hydrogen (secondary N) is 1. The summed E-state index contributed by atoms with van der Waals surface area (Å²) in [6.45, 7) is 3.44. The van der Waals surface area contributed by atoms with E-state index in [2.05, 4.69) is 5.32 Å². The minimum atomic E-state index is -3.93. The van der Waals surface area contributed by atoms with E-state index in [0.717, 1.165) is 23.4 Å². The molecule has 204 valence electrons. The fourth-order valence-corrected chi connectivity index (χ4v) is 4.86. The standard InChI is InChI=1S/C25H33Cl2N3O6S/c1-6-7-12-28-25(32)17(2)29(15-18-8-9-19(26)13-21(18)27)24(31)16-30(37(5,33)34)22-11-10-20(35-3)14-23(22)36-4/h8-11,13-14,17H,6-7,12,15-16H2,1-5H3,(H,28,32). The number of hydrogen-bond donors (Lipinski definition) is 1. The minimum absolute atomic E-state index is 0.0332. The van der Waals surface area contributed by atoms with Gasteiger partial charge in [-0.15, -0.1) is 0 Å².